The molecule has 0 amide bonds. The van der Waals surface area contributed by atoms with Gasteiger partial charge in [-0.25, -0.2) is 4.98 Å². The maximum atomic E-state index is 12.3. The third kappa shape index (κ3) is 9.50. The maximum absolute atomic E-state index is 12.3. The van der Waals surface area contributed by atoms with Crippen LogP contribution < -0.4 is 0 Å². The second-order valence-corrected chi connectivity index (χ2v) is 13.4. The number of ether oxygens (including phenoxy) is 5. The minimum absolute atomic E-state index is 0.00174. The predicted octanol–water partition coefficient (Wildman–Crippen LogP) is 5.68. The fraction of sp³-hybridized carbons (Fsp3) is 0.639. The second-order valence-electron chi connectivity index (χ2n) is 13.4. The highest BCUT2D eigenvalue weighted by Gasteiger charge is 2.57. The van der Waals surface area contributed by atoms with Crippen LogP contribution in [0.4, 0.5) is 0 Å². The number of epoxide rings is 2. The van der Waals surface area contributed by atoms with Crippen molar-refractivity contribution in [3.05, 3.63) is 59.4 Å². The number of esters is 1. The summed E-state index contributed by atoms with van der Waals surface area (Å²) in [6, 6.07) is 0. The molecule has 3 fully saturated rings. The molecule has 0 aromatic carbocycles. The van der Waals surface area contributed by atoms with Crippen molar-refractivity contribution in [1.82, 2.24) is 4.98 Å². The molecule has 1 aromatic heterocycles. The molecule has 4 rings (SSSR count). The summed E-state index contributed by atoms with van der Waals surface area (Å²) in [6.07, 6.45) is 13.8. The standard InChI is InChI=1S/C36H51NO9/c1-21(14-28-19-42-26(6)37-28)10-9-11-23(3)35(41-8)24(4)30(43-20-38)18-32(39)36(7)33(46-36)13-12-22(2)29-15-27(17-34(40)45-29)16-31-25(5)44-31/h9-14,19-20,22,24-25,27,29-33,35,39H,15-18H2,1-8H3/b10-9+,13-12+,21-14+,23-11+/t22?,24-,25-,27-,29?,30-,31+,32-,33?,35-,36?/m0/s1. The number of hydrogen-bond acceptors (Lipinski definition) is 10. The largest absolute Gasteiger partial charge is 0.464 e. The number of carbonyl (C=O) groups is 2. The van der Waals surface area contributed by atoms with Crippen LogP contribution in [0.2, 0.25) is 0 Å². The zero-order valence-electron chi connectivity index (χ0n) is 28.4. The molecule has 3 saturated heterocycles. The first-order valence-electron chi connectivity index (χ1n) is 16.3. The molecule has 1 N–H and O–H groups in total. The average molecular weight is 642 g/mol. The molecule has 254 valence electrons. The average Bonchev–Trinajstić information content (AvgIpc) is 3.83. The smallest absolute Gasteiger partial charge is 0.306 e. The Bertz CT molecular complexity index is 1310. The molecule has 3 aliphatic rings. The molecule has 4 heterocycles. The van der Waals surface area contributed by atoms with Crippen molar-refractivity contribution >= 4 is 18.5 Å². The number of aliphatic hydroxyl groups is 1. The first-order chi connectivity index (χ1) is 21.8. The molecule has 0 spiro atoms. The molecule has 1 aromatic rings. The van der Waals surface area contributed by atoms with Gasteiger partial charge < -0.3 is 33.2 Å². The van der Waals surface area contributed by atoms with E-state index in [1.807, 2.05) is 71.1 Å². The van der Waals surface area contributed by atoms with E-state index in [2.05, 4.69) is 11.9 Å². The fourth-order valence-corrected chi connectivity index (χ4v) is 6.46. The molecule has 10 heteroatoms. The van der Waals surface area contributed by atoms with Crippen LogP contribution in [0.3, 0.4) is 0 Å². The third-order valence-corrected chi connectivity index (χ3v) is 9.62. The Morgan fingerprint density at radius 1 is 1.28 bits per heavy atom. The monoisotopic (exact) mass is 641 g/mol. The lowest BCUT2D eigenvalue weighted by Crippen LogP contribution is -2.40. The highest BCUT2D eigenvalue weighted by molar-refractivity contribution is 5.70. The zero-order chi connectivity index (χ0) is 33.6. The molecule has 3 aliphatic heterocycles. The number of oxazole rings is 1. The lowest BCUT2D eigenvalue weighted by Gasteiger charge is -2.31. The quantitative estimate of drug-likeness (QED) is 0.0745. The molecular weight excluding hydrogens is 590 g/mol. The Kier molecular flexibility index (Phi) is 12.2. The van der Waals surface area contributed by atoms with Crippen molar-refractivity contribution in [2.24, 2.45) is 17.8 Å². The van der Waals surface area contributed by atoms with Gasteiger partial charge in [-0.3, -0.25) is 9.59 Å². The molecule has 46 heavy (non-hydrogen) atoms. The summed E-state index contributed by atoms with van der Waals surface area (Å²) in [5, 5.41) is 11.3. The Labute approximate surface area is 272 Å². The van der Waals surface area contributed by atoms with Gasteiger partial charge in [0.25, 0.3) is 6.47 Å². The number of rotatable bonds is 17. The summed E-state index contributed by atoms with van der Waals surface area (Å²) in [5.74, 6) is 0.465. The predicted molar refractivity (Wildman–Crippen MR) is 172 cm³/mol. The summed E-state index contributed by atoms with van der Waals surface area (Å²) in [4.78, 5) is 28.1. The van der Waals surface area contributed by atoms with Crippen molar-refractivity contribution in [2.45, 2.75) is 122 Å². The van der Waals surface area contributed by atoms with Gasteiger partial charge in [-0.1, -0.05) is 44.2 Å². The van der Waals surface area contributed by atoms with Crippen LogP contribution in [0.1, 0.15) is 78.8 Å². The van der Waals surface area contributed by atoms with Gasteiger partial charge >= 0.3 is 5.97 Å². The van der Waals surface area contributed by atoms with Gasteiger partial charge in [-0.15, -0.1) is 0 Å². The van der Waals surface area contributed by atoms with E-state index < -0.39 is 17.8 Å². The second kappa shape index (κ2) is 15.7. The van der Waals surface area contributed by atoms with Gasteiger partial charge in [0.2, 0.25) is 0 Å². The van der Waals surface area contributed by atoms with Gasteiger partial charge in [0.1, 0.15) is 35.9 Å². The molecule has 0 saturated carbocycles. The molecule has 10 nitrogen and oxygen atoms in total. The van der Waals surface area contributed by atoms with Crippen LogP contribution in [-0.4, -0.2) is 78.0 Å². The fourth-order valence-electron chi connectivity index (χ4n) is 6.46. The highest BCUT2D eigenvalue weighted by atomic mass is 16.6. The van der Waals surface area contributed by atoms with E-state index in [1.165, 1.54) is 0 Å². The summed E-state index contributed by atoms with van der Waals surface area (Å²) in [7, 11) is 1.62. The van der Waals surface area contributed by atoms with Gasteiger partial charge in [0, 0.05) is 38.7 Å². The molecule has 0 aliphatic carbocycles. The van der Waals surface area contributed by atoms with Gasteiger partial charge in [0.15, 0.2) is 5.89 Å². The minimum atomic E-state index is -0.892. The summed E-state index contributed by atoms with van der Waals surface area (Å²) < 4.78 is 33.8. The van der Waals surface area contributed by atoms with Crippen LogP contribution >= 0.6 is 0 Å². The number of nitrogens with zero attached hydrogens (tertiary/aromatic N) is 1. The normalized spacial score (nSPS) is 31.8. The molecule has 0 radical (unpaired) electrons. The first kappa shape index (κ1) is 35.8. The number of aromatic nitrogens is 1. The number of hydrogen-bond donors (Lipinski definition) is 1. The van der Waals surface area contributed by atoms with Crippen LogP contribution in [-0.2, 0) is 33.3 Å². The summed E-state index contributed by atoms with van der Waals surface area (Å²) >= 11 is 0. The SMILES string of the molecule is CO[C@@H](/C(C)=C/C=C/C(C)=C/c1coc(C)n1)[C@@H](C)[C@H](C[C@H](O)C1(C)OC1/C=C/C(C)C1C[C@@H](C[C@H]2O[C@H]2C)CC(=O)O1)OC=O. The molecule has 4 unspecified atom stereocenters. The Morgan fingerprint density at radius 2 is 2.02 bits per heavy atom. The number of allylic oxidation sites excluding steroid dienone is 4. The minimum Gasteiger partial charge on any atom is -0.464 e. The van der Waals surface area contributed by atoms with Crippen LogP contribution in [0.5, 0.6) is 0 Å². The molecular formula is C36H51NO9. The molecule has 11 atom stereocenters. The van der Waals surface area contributed by atoms with Gasteiger partial charge in [-0.05, 0) is 63.7 Å². The number of aryl methyl sites for hydroxylation is 1. The maximum Gasteiger partial charge on any atom is 0.306 e. The Hall–Kier alpha value is -3.05. The van der Waals surface area contributed by atoms with E-state index in [0.717, 1.165) is 29.7 Å². The van der Waals surface area contributed by atoms with E-state index in [4.69, 9.17) is 28.1 Å². The number of aliphatic hydroxyl groups excluding tert-OH is 1. The number of cyclic esters (lactones) is 1. The van der Waals surface area contributed by atoms with Gasteiger partial charge in [-0.2, -0.15) is 0 Å². The lowest BCUT2D eigenvalue weighted by molar-refractivity contribution is -0.159. The highest BCUT2D eigenvalue weighted by Crippen LogP contribution is 2.43. The van der Waals surface area contributed by atoms with E-state index in [9.17, 15) is 14.7 Å². The van der Waals surface area contributed by atoms with Crippen LogP contribution in [0.15, 0.2) is 52.2 Å². The summed E-state index contributed by atoms with van der Waals surface area (Å²) in [5.41, 5.74) is 1.88. The Balaban J connectivity index is 1.32. The molecule has 0 bridgehead atoms. The zero-order valence-corrected chi connectivity index (χ0v) is 28.4. The van der Waals surface area contributed by atoms with Crippen LogP contribution in [0, 0.1) is 24.7 Å². The van der Waals surface area contributed by atoms with Crippen molar-refractivity contribution in [3.8, 4) is 0 Å². The van der Waals surface area contributed by atoms with Crippen molar-refractivity contribution < 1.29 is 42.8 Å². The van der Waals surface area contributed by atoms with E-state index in [-0.39, 0.29) is 60.7 Å². The van der Waals surface area contributed by atoms with E-state index in [0.29, 0.717) is 18.8 Å². The third-order valence-electron chi connectivity index (χ3n) is 9.62. The number of carbonyl (C=O) groups excluding carboxylic acids is 2. The lowest BCUT2D eigenvalue weighted by atomic mass is 9.85. The van der Waals surface area contributed by atoms with Crippen molar-refractivity contribution in [1.29, 1.82) is 0 Å². The topological polar surface area (TPSA) is 133 Å². The first-order valence-corrected chi connectivity index (χ1v) is 16.3. The van der Waals surface area contributed by atoms with E-state index >= 15 is 0 Å². The van der Waals surface area contributed by atoms with Gasteiger partial charge in [0.05, 0.1) is 24.4 Å². The summed E-state index contributed by atoms with van der Waals surface area (Å²) in [6.45, 7) is 14.0. The van der Waals surface area contributed by atoms with E-state index in [1.54, 1.807) is 20.3 Å². The van der Waals surface area contributed by atoms with Crippen LogP contribution in [0.25, 0.3) is 6.08 Å². The Morgan fingerprint density at radius 3 is 2.65 bits per heavy atom. The van der Waals surface area contributed by atoms with Crippen molar-refractivity contribution in [3.63, 3.8) is 0 Å². The number of methoxy groups -OCH3 is 1. The van der Waals surface area contributed by atoms with Crippen molar-refractivity contribution in [2.75, 3.05) is 7.11 Å².